The molecule has 0 unspecified atom stereocenters. The Labute approximate surface area is 162 Å². The molecule has 27 heavy (non-hydrogen) atoms. The third kappa shape index (κ3) is 3.88. The van der Waals surface area contributed by atoms with Crippen molar-refractivity contribution in [2.24, 2.45) is 23.2 Å². The number of hydrogen-bond donors (Lipinski definition) is 1. The number of nitrogens with one attached hydrogen (secondary N) is 1. The quantitative estimate of drug-likeness (QED) is 0.760. The molecule has 4 saturated carbocycles. The van der Waals surface area contributed by atoms with Crippen LogP contribution < -0.4 is 5.32 Å². The topological polar surface area (TPSA) is 58.6 Å². The van der Waals surface area contributed by atoms with Crippen molar-refractivity contribution < 1.29 is 14.3 Å². The molecule has 4 bridgehead atoms. The van der Waals surface area contributed by atoms with E-state index in [1.165, 1.54) is 44.1 Å². The molecule has 0 aromatic rings. The van der Waals surface area contributed by atoms with Gasteiger partial charge in [0.05, 0.1) is 6.61 Å². The largest absolute Gasteiger partial charge is 0.450 e. The first-order valence-electron chi connectivity index (χ1n) is 10.9. The maximum atomic E-state index is 12.6. The minimum absolute atomic E-state index is 0.0535. The van der Waals surface area contributed by atoms with E-state index >= 15 is 0 Å². The fraction of sp³-hybridized carbons (Fsp3) is 0.818. The highest BCUT2D eigenvalue weighted by atomic mass is 16.6. The summed E-state index contributed by atoms with van der Waals surface area (Å²) in [6, 6.07) is 0.156. The van der Waals surface area contributed by atoms with E-state index in [-0.39, 0.29) is 18.0 Å². The number of carbonyl (C=O) groups excluding carboxylic acids is 2. The van der Waals surface area contributed by atoms with E-state index in [4.69, 9.17) is 4.74 Å². The molecule has 5 heteroatoms. The lowest BCUT2D eigenvalue weighted by Gasteiger charge is -2.57. The zero-order valence-corrected chi connectivity index (χ0v) is 16.8. The number of nitrogens with zero attached hydrogens (tertiary/aromatic N) is 1. The van der Waals surface area contributed by atoms with Crippen LogP contribution in [0.1, 0.15) is 65.2 Å². The predicted octanol–water partition coefficient (Wildman–Crippen LogP) is 3.89. The van der Waals surface area contributed by atoms with Gasteiger partial charge in [0.25, 0.3) is 0 Å². The first kappa shape index (κ1) is 18.8. The van der Waals surface area contributed by atoms with Gasteiger partial charge in [0.1, 0.15) is 0 Å². The van der Waals surface area contributed by atoms with Gasteiger partial charge in [-0.05, 0) is 88.4 Å². The highest BCUT2D eigenvalue weighted by Gasteiger charge is 2.51. The van der Waals surface area contributed by atoms with Crippen LogP contribution in [0.25, 0.3) is 0 Å². The van der Waals surface area contributed by atoms with Crippen molar-refractivity contribution >= 4 is 12.0 Å². The Morgan fingerprint density at radius 1 is 1.07 bits per heavy atom. The van der Waals surface area contributed by atoms with Crippen molar-refractivity contribution in [3.8, 4) is 0 Å². The Bertz CT molecular complexity index is 584. The molecule has 5 aliphatic rings. The smallest absolute Gasteiger partial charge is 0.409 e. The molecular weight excluding hydrogens is 340 g/mol. The molecule has 0 spiro atoms. The van der Waals surface area contributed by atoms with Gasteiger partial charge < -0.3 is 15.0 Å². The molecule has 2 amide bonds. The molecule has 1 saturated heterocycles. The number of ether oxygens (including phenoxy) is 1. The van der Waals surface area contributed by atoms with E-state index in [1.807, 2.05) is 13.0 Å². The molecule has 5 nitrogen and oxygen atoms in total. The third-order valence-corrected chi connectivity index (χ3v) is 7.59. The zero-order valence-electron chi connectivity index (χ0n) is 16.8. The average Bonchev–Trinajstić information content (AvgIpc) is 2.61. The lowest BCUT2D eigenvalue weighted by Crippen LogP contribution is -2.47. The van der Waals surface area contributed by atoms with E-state index in [0.717, 1.165) is 30.6 Å². The first-order valence-corrected chi connectivity index (χ1v) is 10.9. The Hall–Kier alpha value is -1.52. The summed E-state index contributed by atoms with van der Waals surface area (Å²) >= 11 is 0. The maximum absolute atomic E-state index is 12.6. The first-order chi connectivity index (χ1) is 13.0. The molecule has 1 heterocycles. The fourth-order valence-corrected chi connectivity index (χ4v) is 6.61. The SMILES string of the molecule is CCOC(=O)N1CCC(NC(=O)/C=C(\C)C23CC4CC(CC(C4)C2)C3)CC1. The lowest BCUT2D eigenvalue weighted by molar-refractivity contribution is -0.117. The minimum Gasteiger partial charge on any atom is -0.450 e. The fourth-order valence-electron chi connectivity index (χ4n) is 6.61. The molecule has 1 N–H and O–H groups in total. The minimum atomic E-state index is -0.236. The molecule has 0 radical (unpaired) electrons. The van der Waals surface area contributed by atoms with Crippen LogP contribution in [0.2, 0.25) is 0 Å². The van der Waals surface area contributed by atoms with Crippen LogP contribution in [0.4, 0.5) is 4.79 Å². The molecule has 150 valence electrons. The highest BCUT2D eigenvalue weighted by Crippen LogP contribution is 2.62. The van der Waals surface area contributed by atoms with Gasteiger partial charge in [-0.2, -0.15) is 0 Å². The summed E-state index contributed by atoms with van der Waals surface area (Å²) in [5, 5.41) is 3.18. The van der Waals surface area contributed by atoms with Gasteiger partial charge in [0.2, 0.25) is 5.91 Å². The predicted molar refractivity (Wildman–Crippen MR) is 104 cm³/mol. The van der Waals surface area contributed by atoms with Crippen LogP contribution in [0.15, 0.2) is 11.6 Å². The monoisotopic (exact) mass is 374 g/mol. The Kier molecular flexibility index (Phi) is 5.21. The van der Waals surface area contributed by atoms with Gasteiger partial charge >= 0.3 is 6.09 Å². The van der Waals surface area contributed by atoms with Gasteiger partial charge in [0, 0.05) is 25.2 Å². The van der Waals surface area contributed by atoms with Gasteiger partial charge in [-0.1, -0.05) is 5.57 Å². The number of piperidine rings is 1. The van der Waals surface area contributed by atoms with Crippen molar-refractivity contribution in [2.45, 2.75) is 71.3 Å². The van der Waals surface area contributed by atoms with Gasteiger partial charge in [-0.15, -0.1) is 0 Å². The number of amides is 2. The van der Waals surface area contributed by atoms with E-state index in [1.54, 1.807) is 4.90 Å². The van der Waals surface area contributed by atoms with Gasteiger partial charge in [-0.25, -0.2) is 4.79 Å². The van der Waals surface area contributed by atoms with Crippen molar-refractivity contribution in [1.82, 2.24) is 10.2 Å². The molecule has 5 rings (SSSR count). The summed E-state index contributed by atoms with van der Waals surface area (Å²) < 4.78 is 5.06. The molecule has 4 aliphatic carbocycles. The van der Waals surface area contributed by atoms with Crippen molar-refractivity contribution in [3.63, 3.8) is 0 Å². The second-order valence-corrected chi connectivity index (χ2v) is 9.49. The number of hydrogen-bond acceptors (Lipinski definition) is 3. The van der Waals surface area contributed by atoms with E-state index < -0.39 is 0 Å². The van der Waals surface area contributed by atoms with Crippen molar-refractivity contribution in [1.29, 1.82) is 0 Å². The van der Waals surface area contributed by atoms with Crippen molar-refractivity contribution in [3.05, 3.63) is 11.6 Å². The maximum Gasteiger partial charge on any atom is 0.409 e. The summed E-state index contributed by atoms with van der Waals surface area (Å²) in [5.41, 5.74) is 1.61. The summed E-state index contributed by atoms with van der Waals surface area (Å²) in [6.45, 7) is 5.73. The second kappa shape index (κ2) is 7.48. The number of allylic oxidation sites excluding steroid dienone is 1. The zero-order chi connectivity index (χ0) is 19.0. The third-order valence-electron chi connectivity index (χ3n) is 7.59. The summed E-state index contributed by atoms with van der Waals surface area (Å²) in [4.78, 5) is 26.2. The van der Waals surface area contributed by atoms with E-state index in [0.29, 0.717) is 25.1 Å². The van der Waals surface area contributed by atoms with Crippen LogP contribution in [-0.2, 0) is 9.53 Å². The second-order valence-electron chi connectivity index (χ2n) is 9.49. The molecule has 0 aromatic carbocycles. The number of likely N-dealkylation sites (tertiary alicyclic amines) is 1. The molecule has 5 fully saturated rings. The Morgan fingerprint density at radius 3 is 2.15 bits per heavy atom. The summed E-state index contributed by atoms with van der Waals surface area (Å²) in [5.74, 6) is 2.75. The van der Waals surface area contributed by atoms with Crippen molar-refractivity contribution in [2.75, 3.05) is 19.7 Å². The summed E-state index contributed by atoms with van der Waals surface area (Å²) in [7, 11) is 0. The number of carbonyl (C=O) groups is 2. The van der Waals surface area contributed by atoms with E-state index in [9.17, 15) is 9.59 Å². The molecule has 0 atom stereocenters. The molecule has 1 aliphatic heterocycles. The van der Waals surface area contributed by atoms with Gasteiger partial charge in [-0.3, -0.25) is 4.79 Å². The van der Waals surface area contributed by atoms with Crippen LogP contribution in [0, 0.1) is 23.2 Å². The Balaban J connectivity index is 1.31. The highest BCUT2D eigenvalue weighted by molar-refractivity contribution is 5.88. The number of rotatable bonds is 4. The normalized spacial score (nSPS) is 36.0. The summed E-state index contributed by atoms with van der Waals surface area (Å²) in [6.07, 6.45) is 11.4. The van der Waals surface area contributed by atoms with Crippen LogP contribution in [0.3, 0.4) is 0 Å². The van der Waals surface area contributed by atoms with Crippen LogP contribution in [-0.4, -0.2) is 42.6 Å². The molecule has 0 aromatic heterocycles. The lowest BCUT2D eigenvalue weighted by atomic mass is 9.48. The standard InChI is InChI=1S/C22H34N2O3/c1-3-27-21(26)24-6-4-19(5-7-24)23-20(25)8-15(2)22-12-16-9-17(13-22)11-18(10-16)14-22/h8,16-19H,3-7,9-14H2,1-2H3,(H,23,25)/b15-8+. The van der Waals surface area contributed by atoms with Gasteiger partial charge in [0.15, 0.2) is 0 Å². The Morgan fingerprint density at radius 2 is 1.63 bits per heavy atom. The van der Waals surface area contributed by atoms with E-state index in [2.05, 4.69) is 12.2 Å². The molecular formula is C22H34N2O3. The van der Waals surface area contributed by atoms with Crippen LogP contribution in [0.5, 0.6) is 0 Å². The average molecular weight is 375 g/mol. The van der Waals surface area contributed by atoms with Crippen LogP contribution >= 0.6 is 0 Å².